The van der Waals surface area contributed by atoms with Gasteiger partial charge in [-0.05, 0) is 69.5 Å². The van der Waals surface area contributed by atoms with Crippen LogP contribution in [0.2, 0.25) is 0 Å². The summed E-state index contributed by atoms with van der Waals surface area (Å²) in [5, 5.41) is 0. The van der Waals surface area contributed by atoms with Crippen molar-refractivity contribution in [1.82, 2.24) is 0 Å². The molecule has 7 heteroatoms. The van der Waals surface area contributed by atoms with Gasteiger partial charge in [0.2, 0.25) is 0 Å². The Labute approximate surface area is 281 Å². The van der Waals surface area contributed by atoms with Crippen molar-refractivity contribution in [2.24, 2.45) is 0 Å². The largest absolute Gasteiger partial charge is 0.584 e. The van der Waals surface area contributed by atoms with Crippen LogP contribution in [-0.2, 0) is 26.2 Å². The van der Waals surface area contributed by atoms with Crippen molar-refractivity contribution in [3.8, 4) is 23.0 Å². The SMILES string of the molecule is COc1ccc(C(C)(C)c2ccc(OP(=O)(O)Oc3ccc(C(C)(C)c4ccc(OC)cc4)cc3C(C)(C)C)c(C(C)(C)C)c2)cc1. The highest BCUT2D eigenvalue weighted by atomic mass is 31.2. The molecule has 0 bridgehead atoms. The molecule has 0 saturated carbocycles. The van der Waals surface area contributed by atoms with E-state index in [4.69, 9.17) is 18.5 Å². The van der Waals surface area contributed by atoms with Crippen LogP contribution >= 0.6 is 7.82 Å². The van der Waals surface area contributed by atoms with E-state index in [2.05, 4.69) is 106 Å². The van der Waals surface area contributed by atoms with Crippen LogP contribution in [0.1, 0.15) is 103 Å². The van der Waals surface area contributed by atoms with E-state index in [0.29, 0.717) is 11.5 Å². The van der Waals surface area contributed by atoms with Crippen molar-refractivity contribution < 1.29 is 28.0 Å². The fourth-order valence-corrected chi connectivity index (χ4v) is 6.64. The van der Waals surface area contributed by atoms with Crippen molar-refractivity contribution in [2.75, 3.05) is 14.2 Å². The summed E-state index contributed by atoms with van der Waals surface area (Å²) in [7, 11) is -1.29. The first-order valence-electron chi connectivity index (χ1n) is 16.0. The van der Waals surface area contributed by atoms with Gasteiger partial charge in [-0.3, -0.25) is 4.89 Å². The molecule has 0 aromatic heterocycles. The molecule has 47 heavy (non-hydrogen) atoms. The molecule has 0 aliphatic heterocycles. The molecule has 0 spiro atoms. The zero-order valence-corrected chi connectivity index (χ0v) is 30.9. The molecule has 252 valence electrons. The van der Waals surface area contributed by atoms with E-state index < -0.39 is 7.82 Å². The minimum Gasteiger partial charge on any atom is -0.497 e. The van der Waals surface area contributed by atoms with E-state index in [1.54, 1.807) is 26.4 Å². The summed E-state index contributed by atoms with van der Waals surface area (Å²) in [4.78, 5) is 11.2. The molecule has 6 nitrogen and oxygen atoms in total. The first kappa shape index (κ1) is 36.1. The van der Waals surface area contributed by atoms with Crippen LogP contribution in [0.3, 0.4) is 0 Å². The maximum atomic E-state index is 13.7. The second-order valence-electron chi connectivity index (χ2n) is 15.3. The predicted molar refractivity (Wildman–Crippen MR) is 192 cm³/mol. The zero-order valence-electron chi connectivity index (χ0n) is 30.0. The topological polar surface area (TPSA) is 74.2 Å². The van der Waals surface area contributed by atoms with Crippen molar-refractivity contribution in [1.29, 1.82) is 0 Å². The molecule has 0 fully saturated rings. The number of phosphoric ester groups is 1. The van der Waals surface area contributed by atoms with Crippen LogP contribution in [-0.4, -0.2) is 19.1 Å². The summed E-state index contributed by atoms with van der Waals surface area (Å²) in [5.41, 5.74) is 4.52. The summed E-state index contributed by atoms with van der Waals surface area (Å²) in [5.74, 6) is 2.22. The normalized spacial score (nSPS) is 12.9. The van der Waals surface area contributed by atoms with Crippen LogP contribution in [0.4, 0.5) is 0 Å². The first-order chi connectivity index (χ1) is 21.7. The Balaban J connectivity index is 1.67. The first-order valence-corrected chi connectivity index (χ1v) is 17.5. The molecule has 0 unspecified atom stereocenters. The van der Waals surface area contributed by atoms with E-state index in [0.717, 1.165) is 44.9 Å². The van der Waals surface area contributed by atoms with Crippen molar-refractivity contribution >= 4 is 7.82 Å². The lowest BCUT2D eigenvalue weighted by atomic mass is 9.75. The lowest BCUT2D eigenvalue weighted by Gasteiger charge is -2.31. The van der Waals surface area contributed by atoms with Crippen molar-refractivity contribution in [3.05, 3.63) is 118 Å². The Hall–Kier alpha value is -3.73. The van der Waals surface area contributed by atoms with Gasteiger partial charge in [0, 0.05) is 22.0 Å². The molecule has 0 aliphatic carbocycles. The Morgan fingerprint density at radius 1 is 0.489 bits per heavy atom. The molecule has 0 aliphatic rings. The molecular weight excluding hydrogens is 607 g/mol. The summed E-state index contributed by atoms with van der Waals surface area (Å²) in [6.45, 7) is 21.0. The van der Waals surface area contributed by atoms with Gasteiger partial charge in [0.15, 0.2) is 0 Å². The number of hydrogen-bond acceptors (Lipinski definition) is 5. The highest BCUT2D eigenvalue weighted by Crippen LogP contribution is 2.50. The minimum atomic E-state index is -4.60. The number of ether oxygens (including phenoxy) is 2. The average molecular weight is 659 g/mol. The summed E-state index contributed by atoms with van der Waals surface area (Å²) in [6.07, 6.45) is 0. The molecule has 4 aromatic carbocycles. The van der Waals surface area contributed by atoms with Gasteiger partial charge in [-0.15, -0.1) is 0 Å². The maximum absolute atomic E-state index is 13.7. The lowest BCUT2D eigenvalue weighted by molar-refractivity contribution is 0.286. The fraction of sp³-hybridized carbons (Fsp3) is 0.400. The molecular formula is C40H51O6P. The highest BCUT2D eigenvalue weighted by Gasteiger charge is 2.34. The lowest BCUT2D eigenvalue weighted by Crippen LogP contribution is -2.22. The third-order valence-electron chi connectivity index (χ3n) is 9.07. The number of rotatable bonds is 10. The quantitative estimate of drug-likeness (QED) is 0.171. The van der Waals surface area contributed by atoms with E-state index >= 15 is 0 Å². The zero-order chi connectivity index (χ0) is 35.0. The molecule has 0 heterocycles. The molecule has 0 saturated heterocycles. The van der Waals surface area contributed by atoms with Gasteiger partial charge in [0.05, 0.1) is 14.2 Å². The standard InChI is InChI=1S/C40H51O6P/c1-37(2,3)33-25-29(39(7,8)27-13-19-31(43-11)20-14-27)17-23-35(33)45-47(41,42)46-36-24-18-30(26-34(36)38(4,5)6)40(9,10)28-15-21-32(44-12)22-16-28/h13-26H,1-12H3,(H,41,42). The Bertz CT molecular complexity index is 1610. The second kappa shape index (κ2) is 13.1. The third-order valence-corrected chi connectivity index (χ3v) is 9.92. The number of methoxy groups -OCH3 is 2. The van der Waals surface area contributed by atoms with Crippen molar-refractivity contribution in [3.63, 3.8) is 0 Å². The Morgan fingerprint density at radius 3 is 1.06 bits per heavy atom. The predicted octanol–water partition coefficient (Wildman–Crippen LogP) is 10.5. The molecule has 1 N–H and O–H groups in total. The van der Waals surface area contributed by atoms with E-state index in [1.807, 2.05) is 36.4 Å². The molecule has 4 rings (SSSR count). The minimum absolute atomic E-state index is 0.312. The fourth-order valence-electron chi connectivity index (χ4n) is 5.78. The van der Waals surface area contributed by atoms with E-state index in [-0.39, 0.29) is 21.7 Å². The average Bonchev–Trinajstić information content (AvgIpc) is 2.99. The number of phosphoric acid groups is 1. The molecule has 0 atom stereocenters. The van der Waals surface area contributed by atoms with E-state index in [1.165, 1.54) is 0 Å². The van der Waals surface area contributed by atoms with Crippen LogP contribution < -0.4 is 18.5 Å². The third kappa shape index (κ3) is 8.05. The smallest absolute Gasteiger partial charge is 0.497 e. The van der Waals surface area contributed by atoms with E-state index in [9.17, 15) is 9.46 Å². The highest BCUT2D eigenvalue weighted by molar-refractivity contribution is 7.48. The van der Waals surface area contributed by atoms with Crippen LogP contribution in [0.5, 0.6) is 23.0 Å². The second-order valence-corrected chi connectivity index (χ2v) is 16.6. The van der Waals surface area contributed by atoms with Gasteiger partial charge in [0.25, 0.3) is 0 Å². The molecule has 0 amide bonds. The van der Waals surface area contributed by atoms with Gasteiger partial charge in [0.1, 0.15) is 23.0 Å². The maximum Gasteiger partial charge on any atom is 0.584 e. The van der Waals surface area contributed by atoms with Crippen LogP contribution in [0.25, 0.3) is 0 Å². The van der Waals surface area contributed by atoms with Gasteiger partial charge < -0.3 is 18.5 Å². The molecule has 4 aromatic rings. The van der Waals surface area contributed by atoms with Gasteiger partial charge in [-0.2, -0.15) is 0 Å². The summed E-state index contributed by atoms with van der Waals surface area (Å²) >= 11 is 0. The molecule has 0 radical (unpaired) electrons. The van der Waals surface area contributed by atoms with Gasteiger partial charge in [-0.1, -0.05) is 118 Å². The Kier molecular flexibility index (Phi) is 10.0. The van der Waals surface area contributed by atoms with Crippen LogP contribution in [0.15, 0.2) is 84.9 Å². The monoisotopic (exact) mass is 658 g/mol. The summed E-state index contributed by atoms with van der Waals surface area (Å²) in [6, 6.07) is 27.7. The number of hydrogen-bond donors (Lipinski definition) is 1. The Morgan fingerprint density at radius 2 is 0.787 bits per heavy atom. The number of benzene rings is 4. The van der Waals surface area contributed by atoms with Gasteiger partial charge in [-0.25, -0.2) is 4.57 Å². The van der Waals surface area contributed by atoms with Gasteiger partial charge >= 0.3 is 7.82 Å². The van der Waals surface area contributed by atoms with Crippen LogP contribution in [0, 0.1) is 0 Å². The summed E-state index contributed by atoms with van der Waals surface area (Å²) < 4.78 is 36.2. The van der Waals surface area contributed by atoms with Crippen molar-refractivity contribution in [2.45, 2.75) is 90.9 Å².